The summed E-state index contributed by atoms with van der Waals surface area (Å²) in [6, 6.07) is 4.67. The average Bonchev–Trinajstić information content (AvgIpc) is 2.26. The van der Waals surface area contributed by atoms with E-state index in [1.54, 1.807) is 6.07 Å². The molecule has 82 valence electrons. The summed E-state index contributed by atoms with van der Waals surface area (Å²) in [7, 11) is 0. The maximum atomic E-state index is 12.9. The Bertz CT molecular complexity index is 343. The van der Waals surface area contributed by atoms with E-state index in [-0.39, 0.29) is 18.5 Å². The molecule has 0 spiro atoms. The molecule has 1 aromatic rings. The molecule has 0 aliphatic carbocycles. The number of nitrogens with one attached hydrogen (secondary N) is 1. The van der Waals surface area contributed by atoms with Crippen molar-refractivity contribution in [2.75, 3.05) is 18.5 Å². The van der Waals surface area contributed by atoms with E-state index in [0.29, 0.717) is 12.4 Å². The van der Waals surface area contributed by atoms with Crippen LogP contribution in [-0.2, 0) is 0 Å². The summed E-state index contributed by atoms with van der Waals surface area (Å²) in [6.45, 7) is 0.713. The van der Waals surface area contributed by atoms with Crippen molar-refractivity contribution in [2.24, 2.45) is 0 Å². The van der Waals surface area contributed by atoms with E-state index in [9.17, 15) is 4.39 Å². The van der Waals surface area contributed by atoms with E-state index >= 15 is 0 Å². The second kappa shape index (κ2) is 4.49. The lowest BCUT2D eigenvalue weighted by atomic mass is 10.1. The van der Waals surface area contributed by atoms with Crippen LogP contribution >= 0.6 is 0 Å². The summed E-state index contributed by atoms with van der Waals surface area (Å²) in [4.78, 5) is 0. The minimum absolute atomic E-state index is 0.189. The number of halogens is 1. The van der Waals surface area contributed by atoms with Crippen LogP contribution in [0, 0.1) is 5.82 Å². The van der Waals surface area contributed by atoms with Gasteiger partial charge in [0.1, 0.15) is 18.2 Å². The molecule has 4 heteroatoms. The van der Waals surface area contributed by atoms with Crippen LogP contribution in [0.3, 0.4) is 0 Å². The van der Waals surface area contributed by atoms with Gasteiger partial charge in [-0.25, -0.2) is 4.39 Å². The quantitative estimate of drug-likeness (QED) is 0.800. The lowest BCUT2D eigenvalue weighted by molar-refractivity contribution is 0.249. The number of aliphatic hydroxyl groups excluding tert-OH is 1. The number of benzene rings is 1. The monoisotopic (exact) mass is 211 g/mol. The molecule has 0 bridgehead atoms. The van der Waals surface area contributed by atoms with Crippen molar-refractivity contribution >= 4 is 5.69 Å². The summed E-state index contributed by atoms with van der Waals surface area (Å²) in [5, 5.41) is 12.0. The largest absolute Gasteiger partial charge is 0.489 e. The molecule has 0 radical (unpaired) electrons. The van der Waals surface area contributed by atoms with Crippen molar-refractivity contribution in [1.29, 1.82) is 0 Å². The van der Waals surface area contributed by atoms with Gasteiger partial charge in [-0.2, -0.15) is 0 Å². The number of aliphatic hydroxyl groups is 1. The predicted molar refractivity (Wildman–Crippen MR) is 55.6 cm³/mol. The fraction of sp³-hybridized carbons (Fsp3) is 0.455. The highest BCUT2D eigenvalue weighted by Crippen LogP contribution is 2.30. The number of rotatable bonds is 3. The molecule has 1 aliphatic heterocycles. The molecule has 0 saturated heterocycles. The van der Waals surface area contributed by atoms with Crippen LogP contribution in [0.5, 0.6) is 5.75 Å². The Labute approximate surface area is 87.9 Å². The Morgan fingerprint density at radius 2 is 2.40 bits per heavy atom. The van der Waals surface area contributed by atoms with Gasteiger partial charge in [0.25, 0.3) is 0 Å². The standard InChI is InChI=1S/C11H14FNO2/c12-8-3-4-10-11(6-8)15-7-9(13-10)2-1-5-14/h3-4,6,9,13-14H,1-2,5,7H2. The lowest BCUT2D eigenvalue weighted by Gasteiger charge is -2.27. The molecule has 1 unspecified atom stereocenters. The van der Waals surface area contributed by atoms with E-state index in [0.717, 1.165) is 18.5 Å². The number of anilines is 1. The van der Waals surface area contributed by atoms with E-state index in [1.807, 2.05) is 0 Å². The van der Waals surface area contributed by atoms with Gasteiger partial charge >= 0.3 is 0 Å². The minimum atomic E-state index is -0.288. The van der Waals surface area contributed by atoms with Crippen molar-refractivity contribution in [1.82, 2.24) is 0 Å². The summed E-state index contributed by atoms with van der Waals surface area (Å²) >= 11 is 0. The van der Waals surface area contributed by atoms with Crippen LogP contribution in [-0.4, -0.2) is 24.4 Å². The average molecular weight is 211 g/mol. The highest BCUT2D eigenvalue weighted by atomic mass is 19.1. The Kier molecular flexibility index (Phi) is 3.06. The van der Waals surface area contributed by atoms with E-state index in [4.69, 9.17) is 9.84 Å². The third kappa shape index (κ3) is 2.39. The Morgan fingerprint density at radius 1 is 1.53 bits per heavy atom. The molecule has 0 fully saturated rings. The molecule has 1 atom stereocenters. The second-order valence-corrected chi connectivity index (χ2v) is 3.66. The first kappa shape index (κ1) is 10.2. The van der Waals surface area contributed by atoms with Gasteiger partial charge in [-0.15, -0.1) is 0 Å². The normalized spacial score (nSPS) is 18.9. The lowest BCUT2D eigenvalue weighted by Crippen LogP contribution is -2.31. The van der Waals surface area contributed by atoms with Crippen LogP contribution in [0.2, 0.25) is 0 Å². The molecule has 0 saturated carbocycles. The zero-order chi connectivity index (χ0) is 10.7. The van der Waals surface area contributed by atoms with Crippen molar-refractivity contribution in [3.8, 4) is 5.75 Å². The fourth-order valence-electron chi connectivity index (χ4n) is 1.68. The first-order valence-electron chi connectivity index (χ1n) is 5.09. The third-order valence-electron chi connectivity index (χ3n) is 2.45. The second-order valence-electron chi connectivity index (χ2n) is 3.66. The molecule has 1 heterocycles. The Morgan fingerprint density at radius 3 is 3.20 bits per heavy atom. The van der Waals surface area contributed by atoms with Gasteiger partial charge in [0, 0.05) is 12.7 Å². The van der Waals surface area contributed by atoms with Crippen LogP contribution in [0.4, 0.5) is 10.1 Å². The SMILES string of the molecule is OCCCC1COc2cc(F)ccc2N1. The maximum absolute atomic E-state index is 12.9. The molecule has 1 aromatic carbocycles. The first-order chi connectivity index (χ1) is 7.29. The number of hydrogen-bond donors (Lipinski definition) is 2. The van der Waals surface area contributed by atoms with Crippen LogP contribution in [0.15, 0.2) is 18.2 Å². The Balaban J connectivity index is 2.03. The summed E-state index contributed by atoms with van der Waals surface area (Å²) < 4.78 is 18.3. The van der Waals surface area contributed by atoms with Crippen molar-refractivity contribution in [3.05, 3.63) is 24.0 Å². The molecule has 2 N–H and O–H groups in total. The van der Waals surface area contributed by atoms with E-state index in [2.05, 4.69) is 5.32 Å². The van der Waals surface area contributed by atoms with E-state index < -0.39 is 0 Å². The topological polar surface area (TPSA) is 41.5 Å². The van der Waals surface area contributed by atoms with Gasteiger partial charge in [0.05, 0.1) is 11.7 Å². The molecular weight excluding hydrogens is 197 g/mol. The molecule has 3 nitrogen and oxygen atoms in total. The molecule has 2 rings (SSSR count). The molecular formula is C11H14FNO2. The zero-order valence-electron chi connectivity index (χ0n) is 8.37. The predicted octanol–water partition coefficient (Wildman–Crippen LogP) is 1.77. The first-order valence-corrected chi connectivity index (χ1v) is 5.09. The van der Waals surface area contributed by atoms with Crippen LogP contribution < -0.4 is 10.1 Å². The van der Waals surface area contributed by atoms with Crippen molar-refractivity contribution in [3.63, 3.8) is 0 Å². The number of ether oxygens (including phenoxy) is 1. The molecule has 0 amide bonds. The van der Waals surface area contributed by atoms with Gasteiger partial charge in [0.2, 0.25) is 0 Å². The van der Waals surface area contributed by atoms with Crippen molar-refractivity contribution in [2.45, 2.75) is 18.9 Å². The van der Waals surface area contributed by atoms with Crippen LogP contribution in [0.25, 0.3) is 0 Å². The summed E-state index contributed by atoms with van der Waals surface area (Å²) in [5.41, 5.74) is 0.825. The van der Waals surface area contributed by atoms with Gasteiger partial charge in [-0.1, -0.05) is 0 Å². The van der Waals surface area contributed by atoms with Gasteiger partial charge in [-0.05, 0) is 25.0 Å². The fourth-order valence-corrected chi connectivity index (χ4v) is 1.68. The minimum Gasteiger partial charge on any atom is -0.489 e. The van der Waals surface area contributed by atoms with Gasteiger partial charge < -0.3 is 15.2 Å². The number of hydrogen-bond acceptors (Lipinski definition) is 3. The van der Waals surface area contributed by atoms with Crippen molar-refractivity contribution < 1.29 is 14.2 Å². The van der Waals surface area contributed by atoms with Gasteiger partial charge in [0.15, 0.2) is 0 Å². The molecule has 1 aliphatic rings. The Hall–Kier alpha value is -1.29. The summed E-state index contributed by atoms with van der Waals surface area (Å²) in [5.74, 6) is 0.277. The highest BCUT2D eigenvalue weighted by molar-refractivity contribution is 5.58. The molecule has 0 aromatic heterocycles. The number of fused-ring (bicyclic) bond motifs is 1. The zero-order valence-corrected chi connectivity index (χ0v) is 8.37. The smallest absolute Gasteiger partial charge is 0.145 e. The van der Waals surface area contributed by atoms with Gasteiger partial charge in [-0.3, -0.25) is 0 Å². The maximum Gasteiger partial charge on any atom is 0.145 e. The highest BCUT2D eigenvalue weighted by Gasteiger charge is 2.18. The molecule has 15 heavy (non-hydrogen) atoms. The third-order valence-corrected chi connectivity index (χ3v) is 2.45. The van der Waals surface area contributed by atoms with Crippen LogP contribution in [0.1, 0.15) is 12.8 Å². The van der Waals surface area contributed by atoms with E-state index in [1.165, 1.54) is 12.1 Å². The summed E-state index contributed by atoms with van der Waals surface area (Å²) in [6.07, 6.45) is 1.60.